The number of carbonyl (C=O) groups excluding carboxylic acids is 1. The number of nitrogens with zero attached hydrogens (tertiary/aromatic N) is 2. The van der Waals surface area contributed by atoms with Crippen molar-refractivity contribution in [3.63, 3.8) is 0 Å². The average Bonchev–Trinajstić information content (AvgIpc) is 2.62. The maximum Gasteiger partial charge on any atom is 0.217 e. The molecule has 152 valence electrons. The summed E-state index contributed by atoms with van der Waals surface area (Å²) in [5.74, 6) is 1.41. The third-order valence-electron chi connectivity index (χ3n) is 4.94. The van der Waals surface area contributed by atoms with Gasteiger partial charge in [-0.3, -0.25) is 9.79 Å². The van der Waals surface area contributed by atoms with Gasteiger partial charge in [-0.05, 0) is 49.8 Å². The second-order valence-corrected chi connectivity index (χ2v) is 7.41. The van der Waals surface area contributed by atoms with E-state index in [-0.39, 0.29) is 29.9 Å². The lowest BCUT2D eigenvalue weighted by Gasteiger charge is -2.35. The Hall–Kier alpha value is -1.02. The molecule has 1 aromatic rings. The minimum Gasteiger partial charge on any atom is -0.370 e. The van der Waals surface area contributed by atoms with Crippen molar-refractivity contribution >= 4 is 47.4 Å². The Morgan fingerprint density at radius 1 is 1.37 bits per heavy atom. The summed E-state index contributed by atoms with van der Waals surface area (Å²) in [4.78, 5) is 18.4. The van der Waals surface area contributed by atoms with Crippen LogP contribution in [0.5, 0.6) is 0 Å². The Labute approximate surface area is 185 Å². The van der Waals surface area contributed by atoms with Crippen LogP contribution in [0.25, 0.3) is 0 Å². The zero-order valence-corrected chi connectivity index (χ0v) is 19.4. The van der Waals surface area contributed by atoms with Gasteiger partial charge >= 0.3 is 0 Å². The van der Waals surface area contributed by atoms with Gasteiger partial charge in [0.2, 0.25) is 5.91 Å². The molecule has 5 nitrogen and oxygen atoms in total. The number of nitrogens with one attached hydrogen (secondary N) is 1. The van der Waals surface area contributed by atoms with E-state index in [1.54, 1.807) is 0 Å². The molecule has 27 heavy (non-hydrogen) atoms. The van der Waals surface area contributed by atoms with Gasteiger partial charge in [-0.15, -0.1) is 24.0 Å². The lowest BCUT2D eigenvalue weighted by Crippen LogP contribution is -2.47. The maximum atomic E-state index is 11.3. The Kier molecular flexibility index (Phi) is 11.1. The summed E-state index contributed by atoms with van der Waals surface area (Å²) in [6.07, 6.45) is 3.60. The average molecular weight is 507 g/mol. The van der Waals surface area contributed by atoms with E-state index in [9.17, 15) is 4.79 Å². The molecule has 1 aromatic carbocycles. The number of piperidine rings is 1. The quantitative estimate of drug-likeness (QED) is 0.334. The standard InChI is InChI=1S/C20H31ClN4O.HI/c1-3-16(17-7-9-18(21)10-8-17)13-24-20(23-4-2)25-11-5-6-15(14-25)12-19(22)26;/h7-10,15-16H,3-6,11-14H2,1-2H3,(H2,22,26)(H,23,24);1H. The Bertz CT molecular complexity index is 609. The summed E-state index contributed by atoms with van der Waals surface area (Å²) in [5.41, 5.74) is 6.65. The summed E-state index contributed by atoms with van der Waals surface area (Å²) in [5, 5.41) is 4.16. The summed E-state index contributed by atoms with van der Waals surface area (Å²) < 4.78 is 0. The van der Waals surface area contributed by atoms with Crippen LogP contribution in [0.1, 0.15) is 51.0 Å². The van der Waals surface area contributed by atoms with Crippen molar-refractivity contribution in [2.45, 2.75) is 45.4 Å². The van der Waals surface area contributed by atoms with Gasteiger partial charge in [0, 0.05) is 43.5 Å². The van der Waals surface area contributed by atoms with E-state index < -0.39 is 0 Å². The summed E-state index contributed by atoms with van der Waals surface area (Å²) in [6, 6.07) is 8.05. The number of halogens is 2. The predicted octanol–water partition coefficient (Wildman–Crippen LogP) is 4.00. The van der Waals surface area contributed by atoms with E-state index in [4.69, 9.17) is 22.3 Å². The normalized spacial score (nSPS) is 18.6. The number of aliphatic imine (C=N–C) groups is 1. The highest BCUT2D eigenvalue weighted by Crippen LogP contribution is 2.23. The SMILES string of the molecule is CCNC(=NCC(CC)c1ccc(Cl)cc1)N1CCCC(CC(N)=O)C1.I. The first kappa shape index (κ1) is 24.0. The molecule has 1 fully saturated rings. The molecule has 1 heterocycles. The summed E-state index contributed by atoms with van der Waals surface area (Å²) >= 11 is 6.00. The van der Waals surface area contributed by atoms with Crippen LogP contribution in [-0.2, 0) is 4.79 Å². The van der Waals surface area contributed by atoms with Crippen molar-refractivity contribution in [1.29, 1.82) is 0 Å². The minimum atomic E-state index is -0.215. The van der Waals surface area contributed by atoms with Gasteiger partial charge in [-0.1, -0.05) is 30.7 Å². The van der Waals surface area contributed by atoms with Gasteiger partial charge in [0.15, 0.2) is 5.96 Å². The number of rotatable bonds is 7. The molecule has 1 aliphatic heterocycles. The van der Waals surface area contributed by atoms with Gasteiger partial charge in [0.25, 0.3) is 0 Å². The first-order chi connectivity index (χ1) is 12.5. The molecule has 0 spiro atoms. The fraction of sp³-hybridized carbons (Fsp3) is 0.600. The largest absolute Gasteiger partial charge is 0.370 e. The Morgan fingerprint density at radius 3 is 2.67 bits per heavy atom. The van der Waals surface area contributed by atoms with Gasteiger partial charge in [0.1, 0.15) is 0 Å². The number of guanidine groups is 1. The number of carbonyl (C=O) groups is 1. The third-order valence-corrected chi connectivity index (χ3v) is 5.19. The first-order valence-corrected chi connectivity index (χ1v) is 9.98. The molecule has 1 saturated heterocycles. The van der Waals surface area contributed by atoms with E-state index >= 15 is 0 Å². The van der Waals surface area contributed by atoms with E-state index in [0.717, 1.165) is 56.4 Å². The smallest absolute Gasteiger partial charge is 0.217 e. The molecular formula is C20H32ClIN4O. The van der Waals surface area contributed by atoms with Gasteiger partial charge in [-0.25, -0.2) is 0 Å². The van der Waals surface area contributed by atoms with Crippen LogP contribution in [-0.4, -0.2) is 42.9 Å². The van der Waals surface area contributed by atoms with Crippen molar-refractivity contribution in [3.05, 3.63) is 34.9 Å². The molecule has 7 heteroatoms. The van der Waals surface area contributed by atoms with Crippen molar-refractivity contribution in [1.82, 2.24) is 10.2 Å². The van der Waals surface area contributed by atoms with E-state index in [1.165, 1.54) is 5.56 Å². The second kappa shape index (κ2) is 12.4. The molecule has 1 amide bonds. The second-order valence-electron chi connectivity index (χ2n) is 6.98. The molecule has 0 aromatic heterocycles. The number of hydrogen-bond donors (Lipinski definition) is 2. The molecule has 2 rings (SSSR count). The Balaban J connectivity index is 0.00000364. The summed E-state index contributed by atoms with van der Waals surface area (Å²) in [6.45, 7) is 7.64. The highest BCUT2D eigenvalue weighted by Gasteiger charge is 2.23. The summed E-state index contributed by atoms with van der Waals surface area (Å²) in [7, 11) is 0. The van der Waals surface area contributed by atoms with Crippen molar-refractivity contribution in [2.24, 2.45) is 16.6 Å². The number of hydrogen-bond acceptors (Lipinski definition) is 2. The lowest BCUT2D eigenvalue weighted by atomic mass is 9.94. The van der Waals surface area contributed by atoms with Crippen molar-refractivity contribution in [2.75, 3.05) is 26.2 Å². The minimum absolute atomic E-state index is 0. The van der Waals surface area contributed by atoms with Crippen molar-refractivity contribution in [3.8, 4) is 0 Å². The number of nitrogens with two attached hydrogens (primary N) is 1. The van der Waals surface area contributed by atoms with Crippen LogP contribution >= 0.6 is 35.6 Å². The topological polar surface area (TPSA) is 70.7 Å². The third kappa shape index (κ3) is 7.86. The number of benzene rings is 1. The molecule has 1 aliphatic rings. The monoisotopic (exact) mass is 506 g/mol. The molecular weight excluding hydrogens is 475 g/mol. The molecule has 2 unspecified atom stereocenters. The lowest BCUT2D eigenvalue weighted by molar-refractivity contribution is -0.119. The molecule has 0 radical (unpaired) electrons. The van der Waals surface area contributed by atoms with Gasteiger partial charge in [0.05, 0.1) is 0 Å². The molecule has 0 saturated carbocycles. The van der Waals surface area contributed by atoms with Crippen LogP contribution < -0.4 is 11.1 Å². The molecule has 0 aliphatic carbocycles. The Morgan fingerprint density at radius 2 is 2.07 bits per heavy atom. The van der Waals surface area contributed by atoms with Crippen LogP contribution in [0.2, 0.25) is 5.02 Å². The fourth-order valence-corrected chi connectivity index (χ4v) is 3.66. The van der Waals surface area contributed by atoms with Crippen molar-refractivity contribution < 1.29 is 4.79 Å². The predicted molar refractivity (Wildman–Crippen MR) is 124 cm³/mol. The van der Waals surface area contributed by atoms with Crippen LogP contribution in [0, 0.1) is 5.92 Å². The zero-order chi connectivity index (χ0) is 18.9. The highest BCUT2D eigenvalue weighted by atomic mass is 127. The van der Waals surface area contributed by atoms with Crippen LogP contribution in [0.3, 0.4) is 0 Å². The van der Waals surface area contributed by atoms with Gasteiger partial charge in [-0.2, -0.15) is 0 Å². The molecule has 3 N–H and O–H groups in total. The fourth-order valence-electron chi connectivity index (χ4n) is 3.54. The van der Waals surface area contributed by atoms with E-state index in [0.29, 0.717) is 18.3 Å². The highest BCUT2D eigenvalue weighted by molar-refractivity contribution is 14.0. The number of primary amides is 1. The molecule has 0 bridgehead atoms. The first-order valence-electron chi connectivity index (χ1n) is 9.60. The van der Waals surface area contributed by atoms with Crippen LogP contribution in [0.15, 0.2) is 29.3 Å². The number of amides is 1. The maximum absolute atomic E-state index is 11.3. The zero-order valence-electron chi connectivity index (χ0n) is 16.3. The van der Waals surface area contributed by atoms with E-state index in [2.05, 4.69) is 36.2 Å². The number of likely N-dealkylation sites (tertiary alicyclic amines) is 1. The van der Waals surface area contributed by atoms with Gasteiger partial charge < -0.3 is 16.0 Å². The van der Waals surface area contributed by atoms with E-state index in [1.807, 2.05) is 12.1 Å². The van der Waals surface area contributed by atoms with Crippen LogP contribution in [0.4, 0.5) is 0 Å². The molecule has 2 atom stereocenters.